The van der Waals surface area contributed by atoms with Crippen molar-refractivity contribution in [3.05, 3.63) is 47.7 Å². The summed E-state index contributed by atoms with van der Waals surface area (Å²) in [4.78, 5) is 11.9. The lowest BCUT2D eigenvalue weighted by molar-refractivity contribution is -0.137. The molecule has 28 heavy (non-hydrogen) atoms. The number of rotatable bonds is 6. The van der Waals surface area contributed by atoms with Crippen LogP contribution >= 0.6 is 0 Å². The van der Waals surface area contributed by atoms with E-state index >= 15 is 0 Å². The van der Waals surface area contributed by atoms with Crippen molar-refractivity contribution < 1.29 is 27.8 Å². The van der Waals surface area contributed by atoms with Gasteiger partial charge in [0.2, 0.25) is 5.91 Å². The second-order valence-electron chi connectivity index (χ2n) is 6.14. The van der Waals surface area contributed by atoms with Crippen LogP contribution in [0.4, 0.5) is 13.2 Å². The molecule has 0 bridgehead atoms. The summed E-state index contributed by atoms with van der Waals surface area (Å²) in [5.74, 6) is 0.0732. The topological polar surface area (TPSA) is 87.2 Å². The molecular formula is C19H18F3N3O3. The fourth-order valence-corrected chi connectivity index (χ4v) is 2.96. The molecule has 3 N–H and O–H groups in total. The smallest absolute Gasteiger partial charge is 0.416 e. The van der Waals surface area contributed by atoms with Crippen LogP contribution in [0.3, 0.4) is 0 Å². The van der Waals surface area contributed by atoms with Gasteiger partial charge < -0.3 is 15.2 Å². The van der Waals surface area contributed by atoms with Crippen molar-refractivity contribution in [2.24, 2.45) is 0 Å². The van der Waals surface area contributed by atoms with Gasteiger partial charge in [-0.1, -0.05) is 6.07 Å². The Hall–Kier alpha value is -3.07. The molecule has 0 aliphatic carbocycles. The summed E-state index contributed by atoms with van der Waals surface area (Å²) in [6, 6.07) is 6.95. The van der Waals surface area contributed by atoms with Crippen LogP contribution in [0, 0.1) is 0 Å². The van der Waals surface area contributed by atoms with E-state index in [0.29, 0.717) is 27.8 Å². The van der Waals surface area contributed by atoms with E-state index < -0.39 is 11.7 Å². The lowest BCUT2D eigenvalue weighted by atomic mass is 9.95. The number of nitrogens with zero attached hydrogens (tertiary/aromatic N) is 1. The second kappa shape index (κ2) is 7.89. The fourth-order valence-electron chi connectivity index (χ4n) is 2.96. The van der Waals surface area contributed by atoms with Gasteiger partial charge in [-0.05, 0) is 35.4 Å². The number of hydrogen-bond donors (Lipinski definition) is 3. The first kappa shape index (κ1) is 19.7. The zero-order valence-electron chi connectivity index (χ0n) is 14.9. The molecule has 0 atom stereocenters. The van der Waals surface area contributed by atoms with Gasteiger partial charge in [0.15, 0.2) is 0 Å². The maximum atomic E-state index is 13.3. The first-order chi connectivity index (χ1) is 13.3. The van der Waals surface area contributed by atoms with Crippen molar-refractivity contribution in [2.45, 2.75) is 12.6 Å². The number of benzene rings is 2. The van der Waals surface area contributed by atoms with Gasteiger partial charge in [0.1, 0.15) is 5.75 Å². The number of fused-ring (bicyclic) bond motifs is 1. The minimum atomic E-state index is -4.52. The van der Waals surface area contributed by atoms with Gasteiger partial charge in [0, 0.05) is 17.5 Å². The van der Waals surface area contributed by atoms with Crippen molar-refractivity contribution >= 4 is 16.8 Å². The predicted molar refractivity (Wildman–Crippen MR) is 96.9 cm³/mol. The molecule has 3 aromatic rings. The molecule has 0 fully saturated rings. The minimum Gasteiger partial charge on any atom is -0.496 e. The third-order valence-electron chi connectivity index (χ3n) is 4.24. The maximum absolute atomic E-state index is 13.3. The van der Waals surface area contributed by atoms with E-state index in [2.05, 4.69) is 15.5 Å². The number of halogens is 3. The highest BCUT2D eigenvalue weighted by Crippen LogP contribution is 2.40. The molecule has 0 radical (unpaired) electrons. The number of carbonyl (C=O) groups excluding carboxylic acids is 1. The van der Waals surface area contributed by atoms with Crippen LogP contribution in [0.5, 0.6) is 5.75 Å². The molecule has 1 heterocycles. The van der Waals surface area contributed by atoms with E-state index in [1.807, 2.05) is 0 Å². The molecule has 0 aliphatic rings. The molecule has 0 saturated heterocycles. The average molecular weight is 393 g/mol. The Morgan fingerprint density at radius 2 is 2.04 bits per heavy atom. The van der Waals surface area contributed by atoms with Crippen molar-refractivity contribution in [3.8, 4) is 16.9 Å². The number of carbonyl (C=O) groups is 1. The fraction of sp³-hybridized carbons (Fsp3) is 0.263. The highest BCUT2D eigenvalue weighted by Gasteiger charge is 2.32. The standard InChI is InChI=1S/C19H18F3N3O3/c1-28-17-3-2-11(7-18(27)23-4-5-26)6-14(17)13-8-12(19(20,21)22)9-16-15(13)10-24-25-16/h2-3,6,8-10,26H,4-5,7H2,1H3,(H,23,27)(H,24,25). The van der Waals surface area contributed by atoms with Crippen LogP contribution < -0.4 is 10.1 Å². The normalized spacial score (nSPS) is 11.6. The van der Waals surface area contributed by atoms with E-state index in [9.17, 15) is 18.0 Å². The predicted octanol–water partition coefficient (Wildman–Crippen LogP) is 2.91. The van der Waals surface area contributed by atoms with Gasteiger partial charge in [-0.2, -0.15) is 18.3 Å². The van der Waals surface area contributed by atoms with E-state index in [0.717, 1.165) is 12.1 Å². The van der Waals surface area contributed by atoms with Crippen molar-refractivity contribution in [1.82, 2.24) is 15.5 Å². The first-order valence-corrected chi connectivity index (χ1v) is 8.42. The summed E-state index contributed by atoms with van der Waals surface area (Å²) in [6.45, 7) is -0.0482. The van der Waals surface area contributed by atoms with Gasteiger partial charge in [-0.25, -0.2) is 0 Å². The molecule has 1 aromatic heterocycles. The summed E-state index contributed by atoms with van der Waals surface area (Å²) in [6.07, 6.45) is -3.06. The highest BCUT2D eigenvalue weighted by atomic mass is 19.4. The van der Waals surface area contributed by atoms with Gasteiger partial charge in [-0.15, -0.1) is 0 Å². The van der Waals surface area contributed by atoms with Crippen LogP contribution in [-0.2, 0) is 17.4 Å². The van der Waals surface area contributed by atoms with Crippen LogP contribution in [0.2, 0.25) is 0 Å². The van der Waals surface area contributed by atoms with Crippen LogP contribution in [0.25, 0.3) is 22.0 Å². The number of ether oxygens (including phenoxy) is 1. The molecule has 9 heteroatoms. The highest BCUT2D eigenvalue weighted by molar-refractivity contribution is 5.97. The first-order valence-electron chi connectivity index (χ1n) is 8.42. The van der Waals surface area contributed by atoms with Gasteiger partial charge in [-0.3, -0.25) is 9.89 Å². The number of aliphatic hydroxyl groups excluding tert-OH is 1. The number of H-pyrrole nitrogens is 1. The Kier molecular flexibility index (Phi) is 5.55. The number of hydrogen-bond acceptors (Lipinski definition) is 4. The number of aromatic amines is 1. The molecule has 6 nitrogen and oxygen atoms in total. The van der Waals surface area contributed by atoms with Crippen LogP contribution in [0.1, 0.15) is 11.1 Å². The second-order valence-corrected chi connectivity index (χ2v) is 6.14. The molecule has 148 valence electrons. The summed E-state index contributed by atoms with van der Waals surface area (Å²) in [5.41, 5.74) is 0.756. The Morgan fingerprint density at radius 1 is 1.25 bits per heavy atom. The summed E-state index contributed by atoms with van der Waals surface area (Å²) >= 11 is 0. The molecule has 0 saturated carbocycles. The SMILES string of the molecule is COc1ccc(CC(=O)NCCO)cc1-c1cc(C(F)(F)F)cc2[nH]ncc12. The molecule has 0 aliphatic heterocycles. The molecular weight excluding hydrogens is 375 g/mol. The number of nitrogens with one attached hydrogen (secondary N) is 2. The largest absolute Gasteiger partial charge is 0.496 e. The average Bonchev–Trinajstić information content (AvgIpc) is 3.13. The van der Waals surface area contributed by atoms with E-state index in [1.165, 1.54) is 13.3 Å². The van der Waals surface area contributed by atoms with Gasteiger partial charge in [0.25, 0.3) is 0 Å². The van der Waals surface area contributed by atoms with Gasteiger partial charge >= 0.3 is 6.18 Å². The quantitative estimate of drug-likeness (QED) is 0.601. The van der Waals surface area contributed by atoms with Gasteiger partial charge in [0.05, 0.1) is 37.4 Å². The monoisotopic (exact) mass is 393 g/mol. The number of aromatic nitrogens is 2. The molecule has 0 unspecified atom stereocenters. The Labute approximate surface area is 158 Å². The Morgan fingerprint density at radius 3 is 2.71 bits per heavy atom. The van der Waals surface area contributed by atoms with Crippen LogP contribution in [-0.4, -0.2) is 41.5 Å². The Bertz CT molecular complexity index is 999. The molecule has 2 aromatic carbocycles. The molecule has 0 spiro atoms. The number of aliphatic hydroxyl groups is 1. The minimum absolute atomic E-state index is 0.0183. The third kappa shape index (κ3) is 4.09. The van der Waals surface area contributed by atoms with Crippen molar-refractivity contribution in [3.63, 3.8) is 0 Å². The van der Waals surface area contributed by atoms with Crippen molar-refractivity contribution in [1.29, 1.82) is 0 Å². The van der Waals surface area contributed by atoms with E-state index in [4.69, 9.17) is 9.84 Å². The van der Waals surface area contributed by atoms with E-state index in [-0.39, 0.29) is 31.0 Å². The summed E-state index contributed by atoms with van der Waals surface area (Å²) in [7, 11) is 1.42. The number of alkyl halides is 3. The zero-order valence-corrected chi connectivity index (χ0v) is 14.9. The lowest BCUT2D eigenvalue weighted by Gasteiger charge is -2.14. The summed E-state index contributed by atoms with van der Waals surface area (Å²) in [5, 5.41) is 18.2. The number of methoxy groups -OCH3 is 1. The Balaban J connectivity index is 2.10. The molecule has 3 rings (SSSR count). The lowest BCUT2D eigenvalue weighted by Crippen LogP contribution is -2.27. The number of amides is 1. The third-order valence-corrected chi connectivity index (χ3v) is 4.24. The van der Waals surface area contributed by atoms with E-state index in [1.54, 1.807) is 18.2 Å². The molecule has 1 amide bonds. The van der Waals surface area contributed by atoms with Crippen LogP contribution in [0.15, 0.2) is 36.5 Å². The van der Waals surface area contributed by atoms with Crippen molar-refractivity contribution in [2.75, 3.05) is 20.3 Å². The zero-order chi connectivity index (χ0) is 20.3. The summed E-state index contributed by atoms with van der Waals surface area (Å²) < 4.78 is 45.3. The maximum Gasteiger partial charge on any atom is 0.416 e.